The molecule has 0 saturated heterocycles. The molecule has 21 aromatic rings. The molecule has 0 bridgehead atoms. The first-order valence-corrected chi connectivity index (χ1v) is 42.9. The Balaban J connectivity index is 0.798. The fourth-order valence-electron chi connectivity index (χ4n) is 22.6. The molecule has 0 spiro atoms. The van der Waals surface area contributed by atoms with Crippen LogP contribution in [0.5, 0.6) is 0 Å². The lowest BCUT2D eigenvalue weighted by molar-refractivity contribution is 0.768. The third-order valence-electron chi connectivity index (χ3n) is 27.4. The van der Waals surface area contributed by atoms with E-state index in [-0.39, 0.29) is 0 Å². The highest BCUT2D eigenvalue weighted by molar-refractivity contribution is 7.21. The number of rotatable bonds is 12. The second-order valence-electron chi connectivity index (χ2n) is 33.0. The minimum Gasteiger partial charge on any atom is -0.242 e. The molecule has 0 radical (unpaired) electrons. The number of hydrogen-bond donors (Lipinski definition) is 0. The van der Waals surface area contributed by atoms with Gasteiger partial charge in [-0.3, -0.25) is 0 Å². The van der Waals surface area contributed by atoms with Crippen LogP contribution in [0.25, 0.3) is 131 Å². The van der Waals surface area contributed by atoms with Gasteiger partial charge in [-0.1, -0.05) is 425 Å². The van der Waals surface area contributed by atoms with E-state index in [1.54, 1.807) is 0 Å². The lowest BCUT2D eigenvalue weighted by Crippen LogP contribution is -2.28. The molecule has 4 aliphatic rings. The molecule has 0 atom stereocenters. The molecule has 4 aliphatic carbocycles. The van der Waals surface area contributed by atoms with Crippen molar-refractivity contribution >= 4 is 54.9 Å². The van der Waals surface area contributed by atoms with Gasteiger partial charge in [0.25, 0.3) is 0 Å². The van der Waals surface area contributed by atoms with Crippen molar-refractivity contribution in [1.82, 2.24) is 9.97 Å². The average molecular weight is 1550 g/mol. The monoisotopic (exact) mass is 1550 g/mol. The maximum atomic E-state index is 6.50. The maximum absolute atomic E-state index is 6.50. The average Bonchev–Trinajstić information content (AvgIpc) is 1.50. The van der Waals surface area contributed by atoms with E-state index in [9.17, 15) is 0 Å². The van der Waals surface area contributed by atoms with Gasteiger partial charge in [-0.2, -0.15) is 0 Å². The highest BCUT2D eigenvalue weighted by Gasteiger charge is 2.52. The summed E-state index contributed by atoms with van der Waals surface area (Å²) >= 11 is 1.84. The largest absolute Gasteiger partial charge is 0.242 e. The van der Waals surface area contributed by atoms with Crippen LogP contribution in [-0.2, 0) is 21.7 Å². The van der Waals surface area contributed by atoms with Crippen LogP contribution >= 0.6 is 11.3 Å². The van der Waals surface area contributed by atoms with Crippen molar-refractivity contribution in [2.45, 2.75) is 21.7 Å². The Morgan fingerprint density at radius 1 is 0.157 bits per heavy atom. The van der Waals surface area contributed by atoms with E-state index in [0.29, 0.717) is 0 Å². The van der Waals surface area contributed by atoms with Crippen LogP contribution in [0.3, 0.4) is 0 Å². The highest BCUT2D eigenvalue weighted by atomic mass is 32.1. The van der Waals surface area contributed by atoms with Gasteiger partial charge >= 0.3 is 0 Å². The summed E-state index contributed by atoms with van der Waals surface area (Å²) in [7, 11) is 0. The van der Waals surface area contributed by atoms with E-state index < -0.39 is 21.7 Å². The summed E-state index contributed by atoms with van der Waals surface area (Å²) in [6, 6.07) is 169. The Morgan fingerprint density at radius 3 is 0.702 bits per heavy atom. The van der Waals surface area contributed by atoms with Gasteiger partial charge in [0.2, 0.25) is 0 Å². The van der Waals surface area contributed by atoms with Gasteiger partial charge in [-0.05, 0) is 191 Å². The van der Waals surface area contributed by atoms with Gasteiger partial charge in [0, 0.05) is 21.9 Å². The van der Waals surface area contributed by atoms with Gasteiger partial charge in [0.1, 0.15) is 11.0 Å². The molecule has 2 heterocycles. The molecule has 0 saturated carbocycles. The van der Waals surface area contributed by atoms with Crippen LogP contribution in [0.4, 0.5) is 0 Å². The molecule has 0 N–H and O–H groups in total. The van der Waals surface area contributed by atoms with E-state index in [0.717, 1.165) is 86.7 Å². The number of fused-ring (bicyclic) bond motifs is 19. The molecule has 19 aromatic carbocycles. The molecule has 2 aromatic heterocycles. The zero-order valence-corrected chi connectivity index (χ0v) is 66.8. The van der Waals surface area contributed by atoms with Crippen LogP contribution in [0.2, 0.25) is 0 Å². The minimum absolute atomic E-state index is 0.592. The lowest BCUT2D eigenvalue weighted by atomic mass is 9.67. The predicted molar refractivity (Wildman–Crippen MR) is 501 cm³/mol. The summed E-state index contributed by atoms with van der Waals surface area (Å²) in [4.78, 5) is 15.1. The highest BCUT2D eigenvalue weighted by Crippen LogP contribution is 2.65. The normalized spacial score (nSPS) is 14.2. The zero-order valence-electron chi connectivity index (χ0n) is 66.0. The van der Waals surface area contributed by atoms with E-state index in [1.165, 1.54) is 134 Å². The molecule has 0 amide bonds. The van der Waals surface area contributed by atoms with Gasteiger partial charge in [0.15, 0.2) is 0 Å². The summed E-state index contributed by atoms with van der Waals surface area (Å²) in [5, 5.41) is 4.29. The topological polar surface area (TPSA) is 25.8 Å². The quantitative estimate of drug-likeness (QED) is 0.114. The van der Waals surface area contributed by atoms with Crippen molar-refractivity contribution in [3.8, 4) is 87.6 Å². The molecule has 0 unspecified atom stereocenters. The van der Waals surface area contributed by atoms with Crippen molar-refractivity contribution < 1.29 is 0 Å². The molecular weight excluding hydrogens is 1480 g/mol. The maximum Gasteiger partial charge on any atom is 0.109 e. The Labute approximate surface area is 707 Å². The number of hydrogen-bond acceptors (Lipinski definition) is 3. The van der Waals surface area contributed by atoms with E-state index in [2.05, 4.69) is 449 Å². The molecule has 562 valence electrons. The van der Waals surface area contributed by atoms with Gasteiger partial charge in [-0.25, -0.2) is 9.97 Å². The predicted octanol–water partition coefficient (Wildman–Crippen LogP) is 29.3. The van der Waals surface area contributed by atoms with Crippen molar-refractivity contribution in [3.63, 3.8) is 0 Å². The van der Waals surface area contributed by atoms with Crippen molar-refractivity contribution in [2.75, 3.05) is 0 Å². The Hall–Kier alpha value is -15.0. The van der Waals surface area contributed by atoms with Gasteiger partial charge in [-0.15, -0.1) is 11.3 Å². The van der Waals surface area contributed by atoms with Crippen LogP contribution in [0, 0.1) is 0 Å². The molecule has 3 heteroatoms. The third kappa shape index (κ3) is 9.58. The van der Waals surface area contributed by atoms with Crippen molar-refractivity contribution in [3.05, 3.63) is 538 Å². The summed E-state index contributed by atoms with van der Waals surface area (Å²) in [6.07, 6.45) is 0. The number of nitrogens with zero attached hydrogens (tertiary/aromatic N) is 2. The molecule has 25 rings (SSSR count). The number of benzene rings is 19. The van der Waals surface area contributed by atoms with E-state index >= 15 is 0 Å². The fraction of sp³-hybridized carbons (Fsp3) is 0.0339. The van der Waals surface area contributed by atoms with Crippen LogP contribution in [0.15, 0.2) is 449 Å². The van der Waals surface area contributed by atoms with E-state index in [4.69, 9.17) is 9.97 Å². The summed E-state index contributed by atoms with van der Waals surface area (Å²) in [6.45, 7) is 0. The Bertz CT molecular complexity index is 7170. The Kier molecular flexibility index (Phi) is 15.3. The lowest BCUT2D eigenvalue weighted by Gasteiger charge is -2.34. The van der Waals surface area contributed by atoms with Crippen LogP contribution < -0.4 is 0 Å². The second-order valence-corrected chi connectivity index (χ2v) is 34.0. The van der Waals surface area contributed by atoms with Crippen molar-refractivity contribution in [2.24, 2.45) is 0 Å². The molecule has 121 heavy (non-hydrogen) atoms. The number of thiophene rings is 1. The van der Waals surface area contributed by atoms with Crippen LogP contribution in [0.1, 0.15) is 89.0 Å². The van der Waals surface area contributed by atoms with E-state index in [1.807, 2.05) is 11.3 Å². The van der Waals surface area contributed by atoms with Gasteiger partial charge in [0.05, 0.1) is 42.4 Å². The van der Waals surface area contributed by atoms with Crippen LogP contribution in [-0.4, -0.2) is 9.97 Å². The number of aromatic nitrogens is 2. The summed E-state index contributed by atoms with van der Waals surface area (Å²) in [5.74, 6) is 0. The second kappa shape index (κ2) is 26.8. The molecular formula is C118H74N2S. The first-order valence-electron chi connectivity index (χ1n) is 42.1. The smallest absolute Gasteiger partial charge is 0.109 e. The SMILES string of the molecule is c1ccc(C2(c3ccccc3)c3ccccc3-c3ccc(-c4ccc5c6ccc(-c7ccc8c(c7)C(c7ccccc7)(c7ccccc7)c7ccccc7-8)cc6c6nc7c(-c8cccc9c8-c8ccccc8C9(c8ccccc8)c8ccccc8)sc(-c8cccc9c8-c8ccccc8C9(c8ccccc8)c8ccccc8)c7nc6c5c4)cc32)cc1. The summed E-state index contributed by atoms with van der Waals surface area (Å²) in [5.41, 5.74) is 37.3. The van der Waals surface area contributed by atoms with Crippen molar-refractivity contribution in [1.29, 1.82) is 0 Å². The Morgan fingerprint density at radius 2 is 0.388 bits per heavy atom. The molecule has 2 nitrogen and oxygen atoms in total. The minimum atomic E-state index is -0.653. The molecule has 0 fully saturated rings. The van der Waals surface area contributed by atoms with Gasteiger partial charge < -0.3 is 0 Å². The third-order valence-corrected chi connectivity index (χ3v) is 28.6. The molecule has 0 aliphatic heterocycles. The standard InChI is InChI=1S/C118H74N2S/c1-9-35-79(36-10-1)115(80-37-11-2-12-38-80)101-59-31-27-53-93(101)107-95(55-33-61-103(107)115)113-111-112(114(121-113)96-56-34-62-104-108(96)94-54-28-32-60-102(94)116(104,81-39-13-3-14-40-81)82-41-15-4-16-42-82)120-110-98-72-76(78-66-70-92-90-52-26-30-58-100(90)118(106(92)74-78,85-47-21-7-22-48-85)86-49-23-8-24-50-86)64-68-88(98)87-67-63-75(71-97(87)109(110)119-111)77-65-69-91-89-51-25-29-57-99(89)117(105(91)73-77,83-43-17-5-18-44-83)84-45-19-6-20-46-84/h1-74H. The summed E-state index contributed by atoms with van der Waals surface area (Å²) < 4.78 is 0. The first kappa shape index (κ1) is 69.2. The zero-order chi connectivity index (χ0) is 79.5. The fourth-order valence-corrected chi connectivity index (χ4v) is 23.9. The first-order chi connectivity index (χ1) is 60.0.